The number of hydrogen-bond donors (Lipinski definition) is 1. The van der Waals surface area contributed by atoms with Gasteiger partial charge >= 0.3 is 5.97 Å². The summed E-state index contributed by atoms with van der Waals surface area (Å²) in [6.07, 6.45) is 1.19. The van der Waals surface area contributed by atoms with E-state index in [0.717, 1.165) is 6.42 Å². The zero-order valence-electron chi connectivity index (χ0n) is 14.6. The minimum absolute atomic E-state index is 0.167. The van der Waals surface area contributed by atoms with Gasteiger partial charge < -0.3 is 19.7 Å². The van der Waals surface area contributed by atoms with Crippen molar-refractivity contribution in [3.8, 4) is 0 Å². The molecule has 2 rings (SSSR count). The molecule has 7 nitrogen and oxygen atoms in total. The Morgan fingerprint density at radius 1 is 1.32 bits per heavy atom. The van der Waals surface area contributed by atoms with E-state index in [0.29, 0.717) is 24.3 Å². The van der Waals surface area contributed by atoms with Gasteiger partial charge in [0.1, 0.15) is 6.10 Å². The highest BCUT2D eigenvalue weighted by Gasteiger charge is 2.24. The summed E-state index contributed by atoms with van der Waals surface area (Å²) in [5.41, 5.74) is 0.796. The van der Waals surface area contributed by atoms with E-state index >= 15 is 0 Å². The van der Waals surface area contributed by atoms with Crippen LogP contribution in [0.15, 0.2) is 24.3 Å². The molecule has 1 N–H and O–H groups in total. The molecule has 0 bridgehead atoms. The maximum atomic E-state index is 12.1. The zero-order valence-corrected chi connectivity index (χ0v) is 14.6. The van der Waals surface area contributed by atoms with Gasteiger partial charge in [-0.15, -0.1) is 0 Å². The van der Waals surface area contributed by atoms with Gasteiger partial charge in [-0.3, -0.25) is 9.59 Å². The first-order chi connectivity index (χ1) is 12.0. The molecule has 25 heavy (non-hydrogen) atoms. The summed E-state index contributed by atoms with van der Waals surface area (Å²) >= 11 is 0. The van der Waals surface area contributed by atoms with Crippen LogP contribution in [0.5, 0.6) is 0 Å². The summed E-state index contributed by atoms with van der Waals surface area (Å²) in [7, 11) is 0. The Kier molecular flexibility index (Phi) is 6.94. The van der Waals surface area contributed by atoms with Crippen LogP contribution in [0, 0.1) is 0 Å². The number of esters is 1. The van der Waals surface area contributed by atoms with Crippen molar-refractivity contribution in [2.24, 2.45) is 0 Å². The molecular formula is C18H24N2O5. The highest BCUT2D eigenvalue weighted by atomic mass is 16.5. The predicted octanol–water partition coefficient (Wildman–Crippen LogP) is 1.51. The van der Waals surface area contributed by atoms with E-state index in [1.54, 1.807) is 31.2 Å². The number of anilines is 1. The van der Waals surface area contributed by atoms with Crippen LogP contribution >= 0.6 is 0 Å². The number of hydrogen-bond acceptors (Lipinski definition) is 5. The van der Waals surface area contributed by atoms with Gasteiger partial charge in [0.15, 0.2) is 0 Å². The van der Waals surface area contributed by atoms with Crippen LogP contribution in [-0.4, -0.2) is 50.2 Å². The largest absolute Gasteiger partial charge is 0.462 e. The van der Waals surface area contributed by atoms with Gasteiger partial charge in [0, 0.05) is 26.6 Å². The van der Waals surface area contributed by atoms with Gasteiger partial charge in [-0.2, -0.15) is 0 Å². The molecule has 1 aliphatic rings. The minimum atomic E-state index is -0.479. The molecular weight excluding hydrogens is 324 g/mol. The Morgan fingerprint density at radius 2 is 2.08 bits per heavy atom. The summed E-state index contributed by atoms with van der Waals surface area (Å²) < 4.78 is 10.4. The van der Waals surface area contributed by atoms with Gasteiger partial charge in [0.05, 0.1) is 17.9 Å². The second kappa shape index (κ2) is 9.17. The lowest BCUT2D eigenvalue weighted by atomic mass is 10.1. The van der Waals surface area contributed by atoms with E-state index in [4.69, 9.17) is 9.47 Å². The lowest BCUT2D eigenvalue weighted by molar-refractivity contribution is -0.130. The number of nitrogens with zero attached hydrogens (tertiary/aromatic N) is 1. The summed E-state index contributed by atoms with van der Waals surface area (Å²) in [4.78, 5) is 37.6. The van der Waals surface area contributed by atoms with Crippen molar-refractivity contribution < 1.29 is 23.9 Å². The highest BCUT2D eigenvalue weighted by Crippen LogP contribution is 2.21. The van der Waals surface area contributed by atoms with Crippen molar-refractivity contribution in [2.75, 3.05) is 31.2 Å². The molecule has 1 atom stereocenters. The summed E-state index contributed by atoms with van der Waals surface area (Å²) in [6, 6.07) is 6.77. The first-order valence-corrected chi connectivity index (χ1v) is 8.48. The first-order valence-electron chi connectivity index (χ1n) is 8.48. The standard InChI is InChI=1S/C18H24N2O5/c1-3-24-18(23)14-7-4-5-8-15(14)20(13(2)21)11-10-19-17(22)16-9-6-12-25-16/h4-5,7-8,16H,3,6,9-12H2,1-2H3,(H,19,22). The van der Waals surface area contributed by atoms with Crippen molar-refractivity contribution in [1.82, 2.24) is 5.32 Å². The van der Waals surface area contributed by atoms with E-state index < -0.39 is 12.1 Å². The van der Waals surface area contributed by atoms with Gasteiger partial charge in [-0.25, -0.2) is 4.79 Å². The predicted molar refractivity (Wildman–Crippen MR) is 92.4 cm³/mol. The van der Waals surface area contributed by atoms with Crippen molar-refractivity contribution in [1.29, 1.82) is 0 Å². The minimum Gasteiger partial charge on any atom is -0.462 e. The number of ether oxygens (including phenoxy) is 2. The molecule has 1 unspecified atom stereocenters. The number of rotatable bonds is 7. The Hall–Kier alpha value is -2.41. The number of para-hydroxylation sites is 1. The smallest absolute Gasteiger partial charge is 0.340 e. The zero-order chi connectivity index (χ0) is 18.2. The normalized spacial score (nSPS) is 16.3. The first kappa shape index (κ1) is 18.9. The molecule has 136 valence electrons. The van der Waals surface area contributed by atoms with E-state index in [9.17, 15) is 14.4 Å². The molecule has 2 amide bonds. The lowest BCUT2D eigenvalue weighted by Crippen LogP contribution is -2.41. The number of benzene rings is 1. The second-order valence-electron chi connectivity index (χ2n) is 5.70. The molecule has 0 saturated carbocycles. The molecule has 1 saturated heterocycles. The van der Waals surface area contributed by atoms with Gasteiger partial charge in [0.2, 0.25) is 11.8 Å². The van der Waals surface area contributed by atoms with Crippen molar-refractivity contribution >= 4 is 23.5 Å². The number of nitrogens with one attached hydrogen (secondary N) is 1. The Labute approximate surface area is 147 Å². The van der Waals surface area contributed by atoms with Crippen LogP contribution in [0.1, 0.15) is 37.0 Å². The van der Waals surface area contributed by atoms with Crippen LogP contribution < -0.4 is 10.2 Å². The van der Waals surface area contributed by atoms with Gasteiger partial charge in [-0.05, 0) is 31.9 Å². The molecule has 1 aromatic rings. The Morgan fingerprint density at radius 3 is 2.72 bits per heavy atom. The molecule has 0 spiro atoms. The quantitative estimate of drug-likeness (QED) is 0.755. The molecule has 1 fully saturated rings. The summed E-state index contributed by atoms with van der Waals surface area (Å²) in [6.45, 7) is 4.53. The molecule has 0 aliphatic carbocycles. The average Bonchev–Trinajstić information content (AvgIpc) is 3.13. The van der Waals surface area contributed by atoms with Crippen molar-refractivity contribution in [3.05, 3.63) is 29.8 Å². The third-order valence-electron chi connectivity index (χ3n) is 3.93. The van der Waals surface area contributed by atoms with Crippen molar-refractivity contribution in [2.45, 2.75) is 32.8 Å². The van der Waals surface area contributed by atoms with Crippen LogP contribution in [0.25, 0.3) is 0 Å². The molecule has 1 aliphatic heterocycles. The number of carbonyl (C=O) groups is 3. The van der Waals surface area contributed by atoms with Gasteiger partial charge in [0.25, 0.3) is 0 Å². The van der Waals surface area contributed by atoms with Crippen LogP contribution in [0.4, 0.5) is 5.69 Å². The van der Waals surface area contributed by atoms with Crippen molar-refractivity contribution in [3.63, 3.8) is 0 Å². The Bertz CT molecular complexity index is 626. The lowest BCUT2D eigenvalue weighted by Gasteiger charge is -2.24. The van der Waals surface area contributed by atoms with E-state index in [2.05, 4.69) is 5.32 Å². The topological polar surface area (TPSA) is 84.9 Å². The summed E-state index contributed by atoms with van der Waals surface area (Å²) in [5.74, 6) is -0.865. The van der Waals surface area contributed by atoms with Gasteiger partial charge in [-0.1, -0.05) is 12.1 Å². The van der Waals surface area contributed by atoms with Crippen LogP contribution in [0.3, 0.4) is 0 Å². The molecule has 1 aromatic carbocycles. The molecule has 0 aromatic heterocycles. The number of amides is 2. The fourth-order valence-corrected chi connectivity index (χ4v) is 2.73. The maximum Gasteiger partial charge on any atom is 0.340 e. The fraction of sp³-hybridized carbons (Fsp3) is 0.500. The molecule has 1 heterocycles. The fourth-order valence-electron chi connectivity index (χ4n) is 2.73. The molecule has 7 heteroatoms. The Balaban J connectivity index is 2.04. The van der Waals surface area contributed by atoms with E-state index in [-0.39, 0.29) is 31.5 Å². The third kappa shape index (κ3) is 5.03. The average molecular weight is 348 g/mol. The summed E-state index contributed by atoms with van der Waals surface area (Å²) in [5, 5.41) is 2.78. The van der Waals surface area contributed by atoms with E-state index in [1.165, 1.54) is 11.8 Å². The van der Waals surface area contributed by atoms with Crippen LogP contribution in [0.2, 0.25) is 0 Å². The van der Waals surface area contributed by atoms with Crippen LogP contribution in [-0.2, 0) is 19.1 Å². The third-order valence-corrected chi connectivity index (χ3v) is 3.93. The molecule has 0 radical (unpaired) electrons. The maximum absolute atomic E-state index is 12.1. The van der Waals surface area contributed by atoms with E-state index in [1.807, 2.05) is 0 Å². The monoisotopic (exact) mass is 348 g/mol. The highest BCUT2D eigenvalue weighted by molar-refractivity contribution is 6.02. The second-order valence-corrected chi connectivity index (χ2v) is 5.70. The number of carbonyl (C=O) groups excluding carboxylic acids is 3. The SMILES string of the molecule is CCOC(=O)c1ccccc1N(CCNC(=O)C1CCCO1)C(C)=O.